The number of carboxylic acids is 1. The van der Waals surface area contributed by atoms with Crippen LogP contribution in [-0.2, 0) is 4.79 Å². The van der Waals surface area contributed by atoms with Crippen molar-refractivity contribution in [2.24, 2.45) is 0 Å². The molecule has 1 heterocycles. The lowest BCUT2D eigenvalue weighted by atomic mass is 10.0. The van der Waals surface area contributed by atoms with Gasteiger partial charge in [-0.3, -0.25) is 19.0 Å². The fourth-order valence-electron chi connectivity index (χ4n) is 3.96. The van der Waals surface area contributed by atoms with Crippen molar-refractivity contribution < 1.29 is 23.8 Å². The molecule has 4 N–H and O–H groups in total. The molecule has 3 aromatic carbocycles. The van der Waals surface area contributed by atoms with E-state index in [1.807, 2.05) is 6.07 Å². The van der Waals surface area contributed by atoms with Crippen LogP contribution in [0.1, 0.15) is 33.9 Å². The summed E-state index contributed by atoms with van der Waals surface area (Å²) in [5.74, 6) is -1.32. The largest absolute Gasteiger partial charge is 0.494 e. The molecule has 0 bridgehead atoms. The second kappa shape index (κ2) is 12.0. The number of ketones is 1. The van der Waals surface area contributed by atoms with Crippen molar-refractivity contribution in [2.45, 2.75) is 12.5 Å². The van der Waals surface area contributed by atoms with Crippen LogP contribution in [-0.4, -0.2) is 34.6 Å². The molecule has 1 atom stereocenters. The molecule has 194 valence electrons. The smallest absolute Gasteiger partial charge is 0.325 e. The third kappa shape index (κ3) is 6.13. The molecule has 0 unspecified atom stereocenters. The average molecular weight is 516 g/mol. The van der Waals surface area contributed by atoms with E-state index in [0.717, 1.165) is 0 Å². The number of ether oxygens (including phenoxy) is 1. The monoisotopic (exact) mass is 515 g/mol. The number of benzene rings is 3. The van der Waals surface area contributed by atoms with Crippen LogP contribution in [0.5, 0.6) is 5.75 Å². The molecule has 0 fully saturated rings. The van der Waals surface area contributed by atoms with Gasteiger partial charge in [-0.05, 0) is 73.1 Å². The van der Waals surface area contributed by atoms with Gasteiger partial charge in [0.1, 0.15) is 23.4 Å². The molecular formula is C29H26FN3O5. The van der Waals surface area contributed by atoms with Gasteiger partial charge in [0.25, 0.3) is 5.56 Å². The minimum absolute atomic E-state index is 0.0297. The van der Waals surface area contributed by atoms with Crippen LogP contribution in [0.4, 0.5) is 10.2 Å². The SMILES string of the molecule is Nc1c(C(=O)c2ccc(F)cc2)ccc(=O)n1-c1ccc(OCCCN[C@H](C(=O)O)c2ccccc2)cc1. The third-order valence-electron chi connectivity index (χ3n) is 5.89. The number of aliphatic carboxylic acids is 1. The Balaban J connectivity index is 1.38. The van der Waals surface area contributed by atoms with E-state index < -0.39 is 29.2 Å². The molecule has 0 aliphatic carbocycles. The van der Waals surface area contributed by atoms with Crippen LogP contribution < -0.4 is 21.3 Å². The molecule has 4 rings (SSSR count). The van der Waals surface area contributed by atoms with Gasteiger partial charge in [0, 0.05) is 11.6 Å². The minimum Gasteiger partial charge on any atom is -0.494 e. The van der Waals surface area contributed by atoms with Gasteiger partial charge in [-0.15, -0.1) is 0 Å². The molecule has 9 heteroatoms. The highest BCUT2D eigenvalue weighted by Gasteiger charge is 2.19. The average Bonchev–Trinajstić information content (AvgIpc) is 2.92. The van der Waals surface area contributed by atoms with Gasteiger partial charge in [-0.25, -0.2) is 4.39 Å². The molecule has 1 aromatic heterocycles. The Kier molecular flexibility index (Phi) is 8.30. The Labute approximate surface area is 218 Å². The van der Waals surface area contributed by atoms with E-state index in [-0.39, 0.29) is 16.9 Å². The van der Waals surface area contributed by atoms with E-state index in [9.17, 15) is 23.9 Å². The van der Waals surface area contributed by atoms with Crippen molar-refractivity contribution in [1.82, 2.24) is 9.88 Å². The van der Waals surface area contributed by atoms with Crippen molar-refractivity contribution >= 4 is 17.6 Å². The Morgan fingerprint density at radius 3 is 2.29 bits per heavy atom. The van der Waals surface area contributed by atoms with E-state index in [2.05, 4.69) is 5.32 Å². The first-order valence-electron chi connectivity index (χ1n) is 11.9. The molecule has 0 aliphatic rings. The number of nitrogens with two attached hydrogens (primary N) is 1. The predicted octanol–water partition coefficient (Wildman–Crippen LogP) is 3.97. The molecule has 38 heavy (non-hydrogen) atoms. The lowest BCUT2D eigenvalue weighted by molar-refractivity contribution is -0.139. The number of carboxylic acid groups (broad SMARTS) is 1. The van der Waals surface area contributed by atoms with Crippen LogP contribution in [0.15, 0.2) is 95.8 Å². The van der Waals surface area contributed by atoms with Gasteiger partial charge in [0.15, 0.2) is 5.78 Å². The molecule has 0 saturated carbocycles. The van der Waals surface area contributed by atoms with Gasteiger partial charge in [0.05, 0.1) is 17.9 Å². The third-order valence-corrected chi connectivity index (χ3v) is 5.89. The van der Waals surface area contributed by atoms with E-state index in [4.69, 9.17) is 10.5 Å². The Bertz CT molecular complexity index is 1470. The Morgan fingerprint density at radius 1 is 0.947 bits per heavy atom. The number of nitrogens with zero attached hydrogens (tertiary/aromatic N) is 1. The summed E-state index contributed by atoms with van der Waals surface area (Å²) in [6.45, 7) is 0.780. The Morgan fingerprint density at radius 2 is 1.63 bits per heavy atom. The lowest BCUT2D eigenvalue weighted by Crippen LogP contribution is -2.29. The maximum Gasteiger partial charge on any atom is 0.325 e. The summed E-state index contributed by atoms with van der Waals surface area (Å²) in [7, 11) is 0. The van der Waals surface area contributed by atoms with Gasteiger partial charge in [-0.2, -0.15) is 0 Å². The summed E-state index contributed by atoms with van der Waals surface area (Å²) in [6, 6.07) is 22.5. The molecule has 0 amide bonds. The highest BCUT2D eigenvalue weighted by atomic mass is 19.1. The van der Waals surface area contributed by atoms with Crippen LogP contribution in [0.2, 0.25) is 0 Å². The maximum atomic E-state index is 13.2. The van der Waals surface area contributed by atoms with Gasteiger partial charge in [-0.1, -0.05) is 30.3 Å². The summed E-state index contributed by atoms with van der Waals surface area (Å²) in [6.07, 6.45) is 0.568. The topological polar surface area (TPSA) is 124 Å². The number of halogens is 1. The quantitative estimate of drug-likeness (QED) is 0.204. The van der Waals surface area contributed by atoms with Gasteiger partial charge in [0.2, 0.25) is 0 Å². The van der Waals surface area contributed by atoms with Crippen LogP contribution >= 0.6 is 0 Å². The van der Waals surface area contributed by atoms with Gasteiger partial charge >= 0.3 is 5.97 Å². The van der Waals surface area contributed by atoms with Crippen LogP contribution in [0, 0.1) is 5.82 Å². The van der Waals surface area contributed by atoms with Crippen molar-refractivity contribution in [3.05, 3.63) is 124 Å². The number of hydrogen-bond donors (Lipinski definition) is 3. The number of nitrogen functional groups attached to an aromatic ring is 1. The number of nitrogens with one attached hydrogen (secondary N) is 1. The maximum absolute atomic E-state index is 13.2. The zero-order valence-electron chi connectivity index (χ0n) is 20.3. The van der Waals surface area contributed by atoms with Crippen molar-refractivity contribution in [3.63, 3.8) is 0 Å². The normalized spacial score (nSPS) is 11.6. The second-order valence-electron chi connectivity index (χ2n) is 8.47. The fraction of sp³-hybridized carbons (Fsp3) is 0.138. The lowest BCUT2D eigenvalue weighted by Gasteiger charge is -2.15. The molecule has 0 saturated heterocycles. The summed E-state index contributed by atoms with van der Waals surface area (Å²) < 4.78 is 20.2. The molecule has 4 aromatic rings. The highest BCUT2D eigenvalue weighted by molar-refractivity contribution is 6.11. The molecule has 8 nitrogen and oxygen atoms in total. The number of hydrogen-bond acceptors (Lipinski definition) is 6. The van der Waals surface area contributed by atoms with E-state index >= 15 is 0 Å². The van der Waals surface area contributed by atoms with E-state index in [0.29, 0.717) is 36.6 Å². The molecule has 0 spiro atoms. The second-order valence-corrected chi connectivity index (χ2v) is 8.47. The molecule has 0 radical (unpaired) electrons. The number of carbonyl (C=O) groups excluding carboxylic acids is 1. The Hall–Kier alpha value is -4.76. The van der Waals surface area contributed by atoms with Crippen molar-refractivity contribution in [3.8, 4) is 11.4 Å². The first-order valence-corrected chi connectivity index (χ1v) is 11.9. The van der Waals surface area contributed by atoms with Crippen molar-refractivity contribution in [2.75, 3.05) is 18.9 Å². The first-order chi connectivity index (χ1) is 18.3. The molecular weight excluding hydrogens is 489 g/mol. The van der Waals surface area contributed by atoms with Crippen molar-refractivity contribution in [1.29, 1.82) is 0 Å². The molecule has 0 aliphatic heterocycles. The van der Waals surface area contributed by atoms with E-state index in [1.165, 1.54) is 41.0 Å². The number of aromatic nitrogens is 1. The first kappa shape index (κ1) is 26.3. The van der Waals surface area contributed by atoms with Crippen LogP contribution in [0.3, 0.4) is 0 Å². The summed E-state index contributed by atoms with van der Waals surface area (Å²) in [5, 5.41) is 12.5. The summed E-state index contributed by atoms with van der Waals surface area (Å²) in [4.78, 5) is 37.0. The number of rotatable bonds is 11. The zero-order valence-corrected chi connectivity index (χ0v) is 20.3. The zero-order chi connectivity index (χ0) is 27.1. The summed E-state index contributed by atoms with van der Waals surface area (Å²) >= 11 is 0. The predicted molar refractivity (Wildman–Crippen MR) is 141 cm³/mol. The summed E-state index contributed by atoms with van der Waals surface area (Å²) in [5.41, 5.74) is 7.30. The highest BCUT2D eigenvalue weighted by Crippen LogP contribution is 2.21. The number of anilines is 1. The minimum atomic E-state index is -0.953. The standard InChI is InChI=1S/C29H26FN3O5/c30-21-9-7-20(8-10-21)27(35)24-15-16-25(34)33(28(24)31)22-11-13-23(14-12-22)38-18-4-17-32-26(29(36)37)19-5-2-1-3-6-19/h1-3,5-16,26,32H,4,17-18,31H2,(H,36,37)/t26-/m0/s1. The number of carbonyl (C=O) groups is 2. The van der Waals surface area contributed by atoms with E-state index in [1.54, 1.807) is 48.5 Å². The van der Waals surface area contributed by atoms with Crippen LogP contribution in [0.25, 0.3) is 5.69 Å². The number of pyridine rings is 1. The fourth-order valence-corrected chi connectivity index (χ4v) is 3.96. The van der Waals surface area contributed by atoms with Gasteiger partial charge < -0.3 is 20.9 Å².